The monoisotopic (exact) mass is 538 g/mol. The molecule has 5 rings (SSSR count). The standard InChI is InChI=1S/C27H25F3N6O3/c1-16-3-4-17(26(37)34-18-5-6-23(38-2)20(12-18)27(28,29)30)11-21(16)35-25-19-13-24(36-7-9-39-10-8-36)31-14-22(19)32-15-33-25/h3-6,11-15H,7-10H2,1-2H3,(H,34,37)(H,32,33,35). The fourth-order valence-electron chi connectivity index (χ4n) is 4.25. The molecule has 2 aromatic heterocycles. The first kappa shape index (κ1) is 26.2. The van der Waals surface area contributed by atoms with Crippen molar-refractivity contribution in [1.29, 1.82) is 0 Å². The Hall–Kier alpha value is -4.45. The molecule has 0 spiro atoms. The molecule has 2 aromatic carbocycles. The molecule has 0 atom stereocenters. The number of alkyl halides is 3. The van der Waals surface area contributed by atoms with E-state index in [-0.39, 0.29) is 17.0 Å². The van der Waals surface area contributed by atoms with E-state index in [0.29, 0.717) is 30.2 Å². The molecule has 9 nitrogen and oxygen atoms in total. The molecule has 0 unspecified atom stereocenters. The predicted octanol–water partition coefficient (Wildman–Crippen LogP) is 5.19. The molecular formula is C27H25F3N6O3. The molecule has 0 aliphatic carbocycles. The van der Waals surface area contributed by atoms with Crippen molar-refractivity contribution in [1.82, 2.24) is 15.0 Å². The normalized spacial score (nSPS) is 13.8. The van der Waals surface area contributed by atoms with Crippen LogP contribution in [0.15, 0.2) is 55.0 Å². The number of hydrogen-bond donors (Lipinski definition) is 2. The second-order valence-electron chi connectivity index (χ2n) is 8.90. The fraction of sp³-hybridized carbons (Fsp3) is 0.259. The molecule has 12 heteroatoms. The van der Waals surface area contributed by atoms with Crippen LogP contribution < -0.4 is 20.3 Å². The summed E-state index contributed by atoms with van der Waals surface area (Å²) in [5, 5.41) is 6.57. The van der Waals surface area contributed by atoms with E-state index in [2.05, 4.69) is 30.5 Å². The first-order chi connectivity index (χ1) is 18.7. The predicted molar refractivity (Wildman–Crippen MR) is 141 cm³/mol. The average molecular weight is 539 g/mol. The van der Waals surface area contributed by atoms with Gasteiger partial charge in [0.25, 0.3) is 5.91 Å². The van der Waals surface area contributed by atoms with Crippen molar-refractivity contribution in [3.8, 4) is 5.75 Å². The van der Waals surface area contributed by atoms with E-state index in [4.69, 9.17) is 9.47 Å². The zero-order valence-electron chi connectivity index (χ0n) is 21.2. The van der Waals surface area contributed by atoms with Crippen LogP contribution in [0.25, 0.3) is 10.9 Å². The van der Waals surface area contributed by atoms with E-state index < -0.39 is 17.6 Å². The van der Waals surface area contributed by atoms with Crippen molar-refractivity contribution < 1.29 is 27.4 Å². The molecule has 202 valence electrons. The molecule has 2 N–H and O–H groups in total. The second kappa shape index (κ2) is 10.7. The highest BCUT2D eigenvalue weighted by molar-refractivity contribution is 6.05. The minimum atomic E-state index is -4.63. The first-order valence-electron chi connectivity index (χ1n) is 12.1. The lowest BCUT2D eigenvalue weighted by atomic mass is 10.1. The Labute approximate surface area is 222 Å². The highest BCUT2D eigenvalue weighted by Crippen LogP contribution is 2.38. The van der Waals surface area contributed by atoms with Crippen LogP contribution in [0.4, 0.5) is 36.2 Å². The van der Waals surface area contributed by atoms with Crippen molar-refractivity contribution in [3.05, 3.63) is 71.7 Å². The van der Waals surface area contributed by atoms with E-state index in [9.17, 15) is 18.0 Å². The van der Waals surface area contributed by atoms with Gasteiger partial charge in [0, 0.05) is 35.4 Å². The highest BCUT2D eigenvalue weighted by Gasteiger charge is 2.34. The van der Waals surface area contributed by atoms with Crippen LogP contribution in [-0.2, 0) is 10.9 Å². The SMILES string of the molecule is COc1ccc(NC(=O)c2ccc(C)c(Nc3ncnc4cnc(N5CCOCC5)cc34)c2)cc1C(F)(F)F. The van der Waals surface area contributed by atoms with Crippen LogP contribution in [0.2, 0.25) is 0 Å². The maximum Gasteiger partial charge on any atom is 0.420 e. The number of benzene rings is 2. The molecule has 1 fully saturated rings. The van der Waals surface area contributed by atoms with Crippen LogP contribution in [0.3, 0.4) is 0 Å². The van der Waals surface area contributed by atoms with Gasteiger partial charge in [0.2, 0.25) is 0 Å². The number of halogens is 3. The Morgan fingerprint density at radius 1 is 1.05 bits per heavy atom. The number of nitrogens with one attached hydrogen (secondary N) is 2. The van der Waals surface area contributed by atoms with Crippen molar-refractivity contribution in [3.63, 3.8) is 0 Å². The van der Waals surface area contributed by atoms with Gasteiger partial charge >= 0.3 is 6.18 Å². The summed E-state index contributed by atoms with van der Waals surface area (Å²) in [5.41, 5.74) is 1.36. The van der Waals surface area contributed by atoms with Crippen molar-refractivity contribution in [2.24, 2.45) is 0 Å². The van der Waals surface area contributed by atoms with Crippen molar-refractivity contribution in [2.45, 2.75) is 13.1 Å². The molecule has 1 aliphatic rings. The fourth-order valence-corrected chi connectivity index (χ4v) is 4.25. The molecule has 39 heavy (non-hydrogen) atoms. The Bertz CT molecular complexity index is 1520. The average Bonchev–Trinajstić information content (AvgIpc) is 2.94. The summed E-state index contributed by atoms with van der Waals surface area (Å²) in [6.45, 7) is 4.57. The summed E-state index contributed by atoms with van der Waals surface area (Å²) in [4.78, 5) is 28.3. The number of nitrogens with zero attached hydrogens (tertiary/aromatic N) is 4. The Balaban J connectivity index is 1.41. The molecule has 1 amide bonds. The topological polar surface area (TPSA) is 102 Å². The molecule has 1 aliphatic heterocycles. The number of rotatable bonds is 6. The van der Waals surface area contributed by atoms with E-state index in [1.165, 1.54) is 18.5 Å². The number of morpholine rings is 1. The molecule has 0 saturated carbocycles. The number of aryl methyl sites for hydroxylation is 1. The van der Waals surface area contributed by atoms with Gasteiger partial charge in [0.1, 0.15) is 23.7 Å². The number of fused-ring (bicyclic) bond motifs is 1. The van der Waals surface area contributed by atoms with Crippen LogP contribution >= 0.6 is 0 Å². The van der Waals surface area contributed by atoms with E-state index in [1.54, 1.807) is 24.4 Å². The van der Waals surface area contributed by atoms with Gasteiger partial charge in [-0.3, -0.25) is 4.79 Å². The number of ether oxygens (including phenoxy) is 2. The molecule has 0 radical (unpaired) electrons. The number of pyridine rings is 1. The Morgan fingerprint density at radius 2 is 1.85 bits per heavy atom. The maximum atomic E-state index is 13.4. The minimum Gasteiger partial charge on any atom is -0.496 e. The lowest BCUT2D eigenvalue weighted by molar-refractivity contribution is -0.138. The lowest BCUT2D eigenvalue weighted by Crippen LogP contribution is -2.36. The summed E-state index contributed by atoms with van der Waals surface area (Å²) in [7, 11) is 1.16. The third kappa shape index (κ3) is 5.70. The zero-order chi connectivity index (χ0) is 27.6. The van der Waals surface area contributed by atoms with Gasteiger partial charge in [-0.05, 0) is 48.9 Å². The Kier molecular flexibility index (Phi) is 7.20. The second-order valence-corrected chi connectivity index (χ2v) is 8.90. The van der Waals surface area contributed by atoms with Crippen LogP contribution in [0.1, 0.15) is 21.5 Å². The van der Waals surface area contributed by atoms with Gasteiger partial charge < -0.3 is 25.0 Å². The van der Waals surface area contributed by atoms with Gasteiger partial charge in [0.05, 0.1) is 37.6 Å². The van der Waals surface area contributed by atoms with Gasteiger partial charge in [-0.1, -0.05) is 6.07 Å². The number of carbonyl (C=O) groups is 1. The number of carbonyl (C=O) groups excluding carboxylic acids is 1. The van der Waals surface area contributed by atoms with Crippen LogP contribution in [0, 0.1) is 6.92 Å². The summed E-state index contributed by atoms with van der Waals surface area (Å²) >= 11 is 0. The van der Waals surface area contributed by atoms with Gasteiger partial charge in [0.15, 0.2) is 0 Å². The van der Waals surface area contributed by atoms with E-state index in [1.807, 2.05) is 13.0 Å². The largest absolute Gasteiger partial charge is 0.496 e. The smallest absolute Gasteiger partial charge is 0.420 e. The zero-order valence-corrected chi connectivity index (χ0v) is 21.2. The number of aromatic nitrogens is 3. The van der Waals surface area contributed by atoms with Gasteiger partial charge in [-0.15, -0.1) is 0 Å². The van der Waals surface area contributed by atoms with Gasteiger partial charge in [-0.2, -0.15) is 13.2 Å². The summed E-state index contributed by atoms with van der Waals surface area (Å²) in [5.74, 6) is 0.419. The van der Waals surface area contributed by atoms with Crippen LogP contribution in [-0.4, -0.2) is 54.3 Å². The molecule has 0 bridgehead atoms. The molecule has 1 saturated heterocycles. The molecule has 4 aromatic rings. The van der Waals surface area contributed by atoms with Crippen molar-refractivity contribution >= 4 is 39.8 Å². The van der Waals surface area contributed by atoms with Gasteiger partial charge in [-0.25, -0.2) is 15.0 Å². The van der Waals surface area contributed by atoms with Crippen molar-refractivity contribution in [2.75, 3.05) is 48.9 Å². The van der Waals surface area contributed by atoms with Crippen LogP contribution in [0.5, 0.6) is 5.75 Å². The number of hydrogen-bond acceptors (Lipinski definition) is 8. The summed E-state index contributed by atoms with van der Waals surface area (Å²) in [6.07, 6.45) is -1.52. The summed E-state index contributed by atoms with van der Waals surface area (Å²) in [6, 6.07) is 10.2. The number of anilines is 4. The van der Waals surface area contributed by atoms with E-state index in [0.717, 1.165) is 43.0 Å². The highest BCUT2D eigenvalue weighted by atomic mass is 19.4. The maximum absolute atomic E-state index is 13.4. The quantitative estimate of drug-likeness (QED) is 0.346. The first-order valence-corrected chi connectivity index (χ1v) is 12.1. The third-order valence-corrected chi connectivity index (χ3v) is 6.36. The molecular weight excluding hydrogens is 513 g/mol. The molecule has 3 heterocycles. The Morgan fingerprint density at radius 3 is 2.59 bits per heavy atom. The minimum absolute atomic E-state index is 0.00635. The third-order valence-electron chi connectivity index (χ3n) is 6.36. The summed E-state index contributed by atoms with van der Waals surface area (Å²) < 4.78 is 50.4. The number of amides is 1. The van der Waals surface area contributed by atoms with E-state index >= 15 is 0 Å². The number of methoxy groups -OCH3 is 1. The lowest BCUT2D eigenvalue weighted by Gasteiger charge is -2.28.